The third-order valence-corrected chi connectivity index (χ3v) is 2.26. The summed E-state index contributed by atoms with van der Waals surface area (Å²) < 4.78 is 31.7. The molecule has 1 fully saturated rings. The van der Waals surface area contributed by atoms with E-state index in [2.05, 4.69) is 15.3 Å². The molecule has 0 saturated carbocycles. The van der Waals surface area contributed by atoms with Crippen LogP contribution in [0.1, 0.15) is 24.6 Å². The summed E-state index contributed by atoms with van der Waals surface area (Å²) in [5.41, 5.74) is 1.12. The zero-order valence-corrected chi connectivity index (χ0v) is 9.31. The molecule has 0 radical (unpaired) electrons. The van der Waals surface area contributed by atoms with Gasteiger partial charge < -0.3 is 10.4 Å². The van der Waals surface area contributed by atoms with Crippen LogP contribution in [-0.4, -0.2) is 33.8 Å². The highest BCUT2D eigenvalue weighted by atomic mass is 19.4. The fourth-order valence-corrected chi connectivity index (χ4v) is 1.44. The minimum atomic E-state index is -5.08. The molecule has 18 heavy (non-hydrogen) atoms. The van der Waals surface area contributed by atoms with Crippen LogP contribution in [0.2, 0.25) is 0 Å². The number of hydrogen-bond donors (Lipinski definition) is 2. The molecule has 1 aromatic rings. The summed E-state index contributed by atoms with van der Waals surface area (Å²) in [6, 6.07) is 2.45. The van der Waals surface area contributed by atoms with Gasteiger partial charge in [0.05, 0.1) is 5.69 Å². The van der Waals surface area contributed by atoms with Gasteiger partial charge in [0.2, 0.25) is 0 Å². The van der Waals surface area contributed by atoms with Crippen molar-refractivity contribution in [3.05, 3.63) is 24.3 Å². The third-order valence-electron chi connectivity index (χ3n) is 2.26. The van der Waals surface area contributed by atoms with Crippen LogP contribution >= 0.6 is 0 Å². The van der Waals surface area contributed by atoms with Crippen molar-refractivity contribution < 1.29 is 23.1 Å². The second-order valence-electron chi connectivity index (χ2n) is 3.59. The van der Waals surface area contributed by atoms with Gasteiger partial charge in [0.15, 0.2) is 0 Å². The highest BCUT2D eigenvalue weighted by molar-refractivity contribution is 5.73. The van der Waals surface area contributed by atoms with Crippen LogP contribution in [0.25, 0.3) is 0 Å². The van der Waals surface area contributed by atoms with E-state index in [1.807, 2.05) is 6.07 Å². The zero-order valence-electron chi connectivity index (χ0n) is 9.31. The van der Waals surface area contributed by atoms with E-state index < -0.39 is 12.1 Å². The minimum absolute atomic E-state index is 0.470. The Balaban J connectivity index is 0.000000203. The molecule has 100 valence electrons. The molecule has 0 spiro atoms. The predicted octanol–water partition coefficient (Wildman–Crippen LogP) is 1.53. The first-order valence-electron chi connectivity index (χ1n) is 5.20. The van der Waals surface area contributed by atoms with Crippen molar-refractivity contribution in [2.45, 2.75) is 25.1 Å². The van der Waals surface area contributed by atoms with Crippen LogP contribution in [0, 0.1) is 0 Å². The van der Waals surface area contributed by atoms with Crippen molar-refractivity contribution in [1.82, 2.24) is 15.3 Å². The Morgan fingerprint density at radius 1 is 1.50 bits per heavy atom. The monoisotopic (exact) mass is 263 g/mol. The number of carbonyl (C=O) groups is 1. The van der Waals surface area contributed by atoms with Gasteiger partial charge in [-0.05, 0) is 25.5 Å². The van der Waals surface area contributed by atoms with Crippen LogP contribution in [0.5, 0.6) is 0 Å². The van der Waals surface area contributed by atoms with Gasteiger partial charge in [-0.2, -0.15) is 13.2 Å². The summed E-state index contributed by atoms with van der Waals surface area (Å²) in [5.74, 6) is -2.76. The van der Waals surface area contributed by atoms with Gasteiger partial charge >= 0.3 is 12.1 Å². The van der Waals surface area contributed by atoms with Crippen LogP contribution in [-0.2, 0) is 4.79 Å². The largest absolute Gasteiger partial charge is 0.490 e. The summed E-state index contributed by atoms with van der Waals surface area (Å²) >= 11 is 0. The van der Waals surface area contributed by atoms with Crippen molar-refractivity contribution in [2.24, 2.45) is 0 Å². The summed E-state index contributed by atoms with van der Waals surface area (Å²) in [7, 11) is 0. The lowest BCUT2D eigenvalue weighted by atomic mass is 10.1. The lowest BCUT2D eigenvalue weighted by Crippen LogP contribution is -2.21. The number of halogens is 3. The SMILES string of the molecule is O=C(O)C(F)(F)F.c1cc(C2CCCN2)ncn1. The maximum Gasteiger partial charge on any atom is 0.490 e. The lowest BCUT2D eigenvalue weighted by molar-refractivity contribution is -0.192. The topological polar surface area (TPSA) is 75.1 Å². The summed E-state index contributed by atoms with van der Waals surface area (Å²) in [5, 5.41) is 10.5. The van der Waals surface area contributed by atoms with Gasteiger partial charge in [0.25, 0.3) is 0 Å². The molecule has 2 heterocycles. The first-order valence-corrected chi connectivity index (χ1v) is 5.20. The molecule has 8 heteroatoms. The number of carboxylic acids is 1. The Labute approximate surface area is 101 Å². The number of hydrogen-bond acceptors (Lipinski definition) is 4. The molecule has 1 aliphatic heterocycles. The average Bonchev–Trinajstić information content (AvgIpc) is 2.83. The molecule has 1 aliphatic rings. The second-order valence-corrected chi connectivity index (χ2v) is 3.59. The Morgan fingerprint density at radius 3 is 2.56 bits per heavy atom. The smallest absolute Gasteiger partial charge is 0.475 e. The van der Waals surface area contributed by atoms with E-state index in [1.165, 1.54) is 12.8 Å². The van der Waals surface area contributed by atoms with Crippen LogP contribution in [0.15, 0.2) is 18.6 Å². The summed E-state index contributed by atoms with van der Waals surface area (Å²) in [6.45, 7) is 1.12. The molecule has 2 N–H and O–H groups in total. The molecule has 0 amide bonds. The number of aromatic nitrogens is 2. The number of carboxylic acid groups (broad SMARTS) is 1. The number of rotatable bonds is 1. The molecule has 0 aromatic carbocycles. The van der Waals surface area contributed by atoms with E-state index in [0.29, 0.717) is 6.04 Å². The standard InChI is InChI=1S/C8H11N3.C2HF3O2/c1-2-7(10-4-1)8-3-5-9-6-11-8;3-2(4,5)1(6)7/h3,5-7,10H,1-2,4H2;(H,6,7). The summed E-state index contributed by atoms with van der Waals surface area (Å²) in [6.07, 6.45) is 0.781. The fourth-order valence-electron chi connectivity index (χ4n) is 1.44. The highest BCUT2D eigenvalue weighted by Crippen LogP contribution is 2.19. The minimum Gasteiger partial charge on any atom is -0.475 e. The predicted molar refractivity (Wildman–Crippen MR) is 55.7 cm³/mol. The molecule has 1 atom stereocenters. The Morgan fingerprint density at radius 2 is 2.17 bits per heavy atom. The quantitative estimate of drug-likeness (QED) is 0.803. The molecule has 1 saturated heterocycles. The van der Waals surface area contributed by atoms with Gasteiger partial charge in [-0.15, -0.1) is 0 Å². The number of nitrogens with zero attached hydrogens (tertiary/aromatic N) is 2. The van der Waals surface area contributed by atoms with Gasteiger partial charge in [-0.25, -0.2) is 14.8 Å². The molecule has 2 rings (SSSR count). The second kappa shape index (κ2) is 6.29. The molecular weight excluding hydrogens is 251 g/mol. The van der Waals surface area contributed by atoms with E-state index in [9.17, 15) is 13.2 Å². The first-order chi connectivity index (χ1) is 8.41. The van der Waals surface area contributed by atoms with E-state index in [1.54, 1.807) is 12.5 Å². The zero-order chi connectivity index (χ0) is 13.6. The van der Waals surface area contributed by atoms with Crippen molar-refractivity contribution in [3.8, 4) is 0 Å². The summed E-state index contributed by atoms with van der Waals surface area (Å²) in [4.78, 5) is 17.0. The number of nitrogens with one attached hydrogen (secondary N) is 1. The molecule has 1 unspecified atom stereocenters. The molecular formula is C10H12F3N3O2. The van der Waals surface area contributed by atoms with Crippen molar-refractivity contribution in [2.75, 3.05) is 6.54 Å². The van der Waals surface area contributed by atoms with E-state index >= 15 is 0 Å². The van der Waals surface area contributed by atoms with Crippen molar-refractivity contribution >= 4 is 5.97 Å². The molecule has 0 aliphatic carbocycles. The van der Waals surface area contributed by atoms with Crippen molar-refractivity contribution in [1.29, 1.82) is 0 Å². The number of alkyl halides is 3. The first kappa shape index (κ1) is 14.4. The molecule has 5 nitrogen and oxygen atoms in total. The molecule has 1 aromatic heterocycles. The van der Waals surface area contributed by atoms with Crippen LogP contribution in [0.3, 0.4) is 0 Å². The van der Waals surface area contributed by atoms with Crippen molar-refractivity contribution in [3.63, 3.8) is 0 Å². The van der Waals surface area contributed by atoms with Crippen LogP contribution in [0.4, 0.5) is 13.2 Å². The van der Waals surface area contributed by atoms with Gasteiger partial charge in [-0.1, -0.05) is 0 Å². The average molecular weight is 263 g/mol. The van der Waals surface area contributed by atoms with E-state index in [-0.39, 0.29) is 0 Å². The maximum atomic E-state index is 10.6. The van der Waals surface area contributed by atoms with E-state index in [0.717, 1.165) is 12.2 Å². The van der Waals surface area contributed by atoms with Gasteiger partial charge in [0, 0.05) is 12.2 Å². The normalized spacial score (nSPS) is 18.9. The Hall–Kier alpha value is -1.70. The highest BCUT2D eigenvalue weighted by Gasteiger charge is 2.38. The van der Waals surface area contributed by atoms with Crippen LogP contribution < -0.4 is 5.32 Å². The third kappa shape index (κ3) is 4.66. The Bertz CT molecular complexity index is 378. The van der Waals surface area contributed by atoms with Gasteiger partial charge in [-0.3, -0.25) is 0 Å². The fraction of sp³-hybridized carbons (Fsp3) is 0.500. The Kier molecular flexibility index (Phi) is 5.02. The maximum absolute atomic E-state index is 10.6. The number of aliphatic carboxylic acids is 1. The molecule has 0 bridgehead atoms. The lowest BCUT2D eigenvalue weighted by Gasteiger charge is -2.07. The van der Waals surface area contributed by atoms with Gasteiger partial charge in [0.1, 0.15) is 6.33 Å². The van der Waals surface area contributed by atoms with E-state index in [4.69, 9.17) is 9.90 Å².